The van der Waals surface area contributed by atoms with E-state index in [0.717, 1.165) is 44.6 Å². The maximum atomic E-state index is 12.4. The summed E-state index contributed by atoms with van der Waals surface area (Å²) < 4.78 is 0. The van der Waals surface area contributed by atoms with Gasteiger partial charge >= 0.3 is 0 Å². The molecule has 1 N–H and O–H groups in total. The fourth-order valence-electron chi connectivity index (χ4n) is 5.92. The van der Waals surface area contributed by atoms with Gasteiger partial charge in [-0.25, -0.2) is 0 Å². The second-order valence-corrected chi connectivity index (χ2v) is 11.2. The van der Waals surface area contributed by atoms with Crippen LogP contribution in [0.1, 0.15) is 56.9 Å². The van der Waals surface area contributed by atoms with Crippen molar-refractivity contribution < 1.29 is 9.90 Å². The summed E-state index contributed by atoms with van der Waals surface area (Å²) in [7, 11) is 4.37. The minimum Gasteiger partial charge on any atom is -0.390 e. The summed E-state index contributed by atoms with van der Waals surface area (Å²) in [5, 5.41) is 18.2. The highest BCUT2D eigenvalue weighted by Gasteiger charge is 2.41. The maximum Gasteiger partial charge on any atom is 0.225 e. The molecule has 34 heavy (non-hydrogen) atoms. The number of aliphatic hydroxyl groups is 1. The first-order valence-electron chi connectivity index (χ1n) is 13.2. The zero-order valence-corrected chi connectivity index (χ0v) is 20.9. The lowest BCUT2D eigenvalue weighted by atomic mass is 9.84. The predicted octanol–water partition coefficient (Wildman–Crippen LogP) is 2.93. The van der Waals surface area contributed by atoms with Crippen molar-refractivity contribution in [3.8, 4) is 0 Å². The van der Waals surface area contributed by atoms with E-state index in [1.54, 1.807) is 0 Å². The minimum absolute atomic E-state index is 0.168. The molecule has 1 aliphatic carbocycles. The Morgan fingerprint density at radius 3 is 2.53 bits per heavy atom. The zero-order valence-electron chi connectivity index (χ0n) is 20.9. The molecule has 3 fully saturated rings. The first-order chi connectivity index (χ1) is 16.4. The highest BCUT2D eigenvalue weighted by molar-refractivity contribution is 5.81. The molecule has 4 aliphatic rings. The van der Waals surface area contributed by atoms with Crippen molar-refractivity contribution in [1.82, 2.24) is 14.7 Å². The summed E-state index contributed by atoms with van der Waals surface area (Å²) in [4.78, 5) is 19.3. The molecule has 2 saturated heterocycles. The van der Waals surface area contributed by atoms with E-state index in [1.807, 2.05) is 11.1 Å². The van der Waals surface area contributed by atoms with Gasteiger partial charge in [0.2, 0.25) is 5.91 Å². The molecule has 186 valence electrons. The van der Waals surface area contributed by atoms with Crippen LogP contribution >= 0.6 is 0 Å². The summed E-state index contributed by atoms with van der Waals surface area (Å²) in [5.74, 6) is 0.562. The monoisotopic (exact) mass is 467 g/mol. The van der Waals surface area contributed by atoms with E-state index in [9.17, 15) is 9.90 Å². The van der Waals surface area contributed by atoms with Gasteiger partial charge in [-0.3, -0.25) is 14.7 Å². The normalized spacial score (nSPS) is 25.9. The number of hydrogen-bond donors (Lipinski definition) is 1. The van der Waals surface area contributed by atoms with Crippen LogP contribution in [0.4, 0.5) is 5.69 Å². The molecule has 1 aromatic rings. The number of likely N-dealkylation sites (tertiary alicyclic amines) is 2. The Kier molecular flexibility index (Phi) is 6.96. The summed E-state index contributed by atoms with van der Waals surface area (Å²) >= 11 is 0. The fourth-order valence-corrected chi connectivity index (χ4v) is 5.92. The third-order valence-electron chi connectivity index (χ3n) is 8.35. The lowest BCUT2D eigenvalue weighted by molar-refractivity contribution is -0.137. The van der Waals surface area contributed by atoms with Crippen LogP contribution in [-0.4, -0.2) is 89.9 Å². The lowest BCUT2D eigenvalue weighted by Crippen LogP contribution is -2.49. The van der Waals surface area contributed by atoms with Gasteiger partial charge in [0.25, 0.3) is 0 Å². The molecule has 1 amide bonds. The van der Waals surface area contributed by atoms with Crippen LogP contribution in [0, 0.1) is 5.92 Å². The summed E-state index contributed by atoms with van der Waals surface area (Å²) in [6.07, 6.45) is 9.41. The van der Waals surface area contributed by atoms with E-state index < -0.39 is 5.60 Å². The van der Waals surface area contributed by atoms with Crippen molar-refractivity contribution in [1.29, 1.82) is 0 Å². The van der Waals surface area contributed by atoms with Crippen molar-refractivity contribution in [3.05, 3.63) is 29.8 Å². The standard InChI is InChI=1S/C27H41N5O2/c1-29(2)23-9-14-30(15-10-23)20-21-4-3-5-24(18-21)32-25(8-13-28-32)19-27(34)11-16-31(17-12-27)26(33)22-6-7-22/h3-5,13,18,22-23,25,34H,6-12,14-17,19-20H2,1-2H3. The molecule has 5 rings (SSSR count). The van der Waals surface area contributed by atoms with Crippen LogP contribution in [0.25, 0.3) is 0 Å². The molecule has 0 radical (unpaired) electrons. The van der Waals surface area contributed by atoms with E-state index in [4.69, 9.17) is 0 Å². The van der Waals surface area contributed by atoms with Crippen molar-refractivity contribution in [2.75, 3.05) is 45.3 Å². The van der Waals surface area contributed by atoms with Crippen LogP contribution in [0.15, 0.2) is 29.4 Å². The van der Waals surface area contributed by atoms with Gasteiger partial charge in [0.1, 0.15) is 0 Å². The SMILES string of the molecule is CN(C)C1CCN(Cc2cccc(N3N=CCC3CC3(O)CCN(C(=O)C4CC4)CC3)c2)CC1. The van der Waals surface area contributed by atoms with E-state index in [1.165, 1.54) is 18.4 Å². The van der Waals surface area contributed by atoms with E-state index in [-0.39, 0.29) is 12.0 Å². The molecule has 0 bridgehead atoms. The topological polar surface area (TPSA) is 62.6 Å². The number of benzene rings is 1. The molecule has 0 spiro atoms. The first-order valence-corrected chi connectivity index (χ1v) is 13.2. The van der Waals surface area contributed by atoms with Gasteiger partial charge in [-0.15, -0.1) is 0 Å². The van der Waals surface area contributed by atoms with Gasteiger partial charge in [-0.1, -0.05) is 12.1 Å². The highest BCUT2D eigenvalue weighted by atomic mass is 16.3. The molecule has 1 aromatic carbocycles. The number of rotatable bonds is 7. The van der Waals surface area contributed by atoms with Gasteiger partial charge in [-0.2, -0.15) is 5.10 Å². The van der Waals surface area contributed by atoms with Crippen LogP contribution < -0.4 is 5.01 Å². The van der Waals surface area contributed by atoms with Gasteiger partial charge in [0.15, 0.2) is 0 Å². The van der Waals surface area contributed by atoms with Gasteiger partial charge < -0.3 is 14.9 Å². The zero-order chi connectivity index (χ0) is 23.7. The van der Waals surface area contributed by atoms with Crippen molar-refractivity contribution in [3.63, 3.8) is 0 Å². The average molecular weight is 468 g/mol. The lowest BCUT2D eigenvalue weighted by Gasteiger charge is -2.40. The third kappa shape index (κ3) is 5.47. The van der Waals surface area contributed by atoms with Gasteiger partial charge in [0.05, 0.1) is 17.3 Å². The molecule has 1 unspecified atom stereocenters. The minimum atomic E-state index is -0.717. The van der Waals surface area contributed by atoms with Gasteiger partial charge in [-0.05, 0) is 89.8 Å². The average Bonchev–Trinajstić information content (AvgIpc) is 3.59. The largest absolute Gasteiger partial charge is 0.390 e. The Morgan fingerprint density at radius 1 is 1.12 bits per heavy atom. The van der Waals surface area contributed by atoms with Gasteiger partial charge in [0, 0.05) is 44.2 Å². The van der Waals surface area contributed by atoms with Crippen molar-refractivity contribution in [2.24, 2.45) is 11.0 Å². The van der Waals surface area contributed by atoms with E-state index in [2.05, 4.69) is 58.3 Å². The molecule has 3 aliphatic heterocycles. The number of amides is 1. The Morgan fingerprint density at radius 2 is 1.85 bits per heavy atom. The number of nitrogens with zero attached hydrogens (tertiary/aromatic N) is 5. The summed E-state index contributed by atoms with van der Waals surface area (Å²) in [5.41, 5.74) is 1.72. The molecular weight excluding hydrogens is 426 g/mol. The van der Waals surface area contributed by atoms with Crippen LogP contribution in [0.2, 0.25) is 0 Å². The molecule has 0 aromatic heterocycles. The summed E-state index contributed by atoms with van der Waals surface area (Å²) in [6, 6.07) is 9.64. The highest BCUT2D eigenvalue weighted by Crippen LogP contribution is 2.36. The van der Waals surface area contributed by atoms with Crippen LogP contribution in [0.3, 0.4) is 0 Å². The number of hydrazone groups is 1. The number of carbonyl (C=O) groups excluding carboxylic acids is 1. The van der Waals surface area contributed by atoms with Crippen LogP contribution in [-0.2, 0) is 11.3 Å². The first kappa shape index (κ1) is 23.8. The molecular formula is C27H41N5O2. The quantitative estimate of drug-likeness (QED) is 0.668. The Labute approximate surface area is 204 Å². The Bertz CT molecular complexity index is 883. The van der Waals surface area contributed by atoms with Crippen molar-refractivity contribution >= 4 is 17.8 Å². The number of hydrogen-bond acceptors (Lipinski definition) is 6. The number of anilines is 1. The van der Waals surface area contributed by atoms with E-state index >= 15 is 0 Å². The molecule has 1 atom stereocenters. The van der Waals surface area contributed by atoms with Crippen molar-refractivity contribution in [2.45, 2.75) is 75.6 Å². The second-order valence-electron chi connectivity index (χ2n) is 11.2. The fraction of sp³-hybridized carbons (Fsp3) is 0.704. The smallest absolute Gasteiger partial charge is 0.225 e. The van der Waals surface area contributed by atoms with E-state index in [0.29, 0.717) is 44.3 Å². The molecule has 1 saturated carbocycles. The second kappa shape index (κ2) is 9.96. The third-order valence-corrected chi connectivity index (χ3v) is 8.35. The Hall–Kier alpha value is -1.96. The number of piperidine rings is 2. The Balaban J connectivity index is 1.17. The predicted molar refractivity (Wildman–Crippen MR) is 136 cm³/mol. The molecule has 7 nitrogen and oxygen atoms in total. The molecule has 3 heterocycles. The summed E-state index contributed by atoms with van der Waals surface area (Å²) in [6.45, 7) is 4.62. The maximum absolute atomic E-state index is 12.4. The molecule has 7 heteroatoms. The number of carbonyl (C=O) groups is 1. The van der Waals surface area contributed by atoms with Crippen LogP contribution in [0.5, 0.6) is 0 Å².